The molecule has 3 atom stereocenters. The van der Waals surface area contributed by atoms with Gasteiger partial charge in [0.15, 0.2) is 6.10 Å². The number of halogens is 1. The van der Waals surface area contributed by atoms with Gasteiger partial charge in [-0.25, -0.2) is 4.79 Å². The summed E-state index contributed by atoms with van der Waals surface area (Å²) in [5, 5.41) is 0. The Balaban J connectivity index is 0.00000200. The largest absolute Gasteiger partial charge is 1.00 e. The van der Waals surface area contributed by atoms with Crippen LogP contribution in [0.5, 0.6) is 0 Å². The molecule has 4 nitrogen and oxygen atoms in total. The Bertz CT molecular complexity index is 303. The van der Waals surface area contributed by atoms with Crippen LogP contribution in [0, 0.1) is 11.8 Å². The van der Waals surface area contributed by atoms with Gasteiger partial charge in [0.05, 0.1) is 12.2 Å². The minimum Gasteiger partial charge on any atom is -1.00 e. The maximum atomic E-state index is 11.2. The molecule has 0 spiro atoms. The van der Waals surface area contributed by atoms with Crippen molar-refractivity contribution >= 4 is 5.91 Å². The van der Waals surface area contributed by atoms with Crippen LogP contribution in [0.25, 0.3) is 0 Å². The van der Waals surface area contributed by atoms with Crippen molar-refractivity contribution in [3.63, 3.8) is 0 Å². The molecule has 2 aliphatic rings. The van der Waals surface area contributed by atoms with E-state index in [1.807, 2.05) is 6.92 Å². The zero-order valence-corrected chi connectivity index (χ0v) is 13.4. The third-order valence-electron chi connectivity index (χ3n) is 4.42. The Morgan fingerprint density at radius 2 is 1.80 bits per heavy atom. The molecule has 5 heteroatoms. The van der Waals surface area contributed by atoms with Crippen LogP contribution < -0.4 is 18.1 Å². The molecule has 1 amide bonds. The fourth-order valence-corrected chi connectivity index (χ4v) is 2.95. The Labute approximate surface area is 128 Å². The van der Waals surface area contributed by atoms with Gasteiger partial charge in [-0.1, -0.05) is 12.8 Å². The van der Waals surface area contributed by atoms with Crippen LogP contribution in [-0.4, -0.2) is 30.8 Å². The Morgan fingerprint density at radius 1 is 1.20 bits per heavy atom. The second-order valence-electron chi connectivity index (χ2n) is 6.24. The average molecular weight is 306 g/mol. The van der Waals surface area contributed by atoms with E-state index in [0.717, 1.165) is 12.5 Å². The molecule has 0 heterocycles. The second kappa shape index (κ2) is 8.32. The van der Waals surface area contributed by atoms with E-state index >= 15 is 0 Å². The van der Waals surface area contributed by atoms with E-state index in [1.54, 1.807) is 6.92 Å². The van der Waals surface area contributed by atoms with Gasteiger partial charge in [0, 0.05) is 6.61 Å². The highest BCUT2D eigenvalue weighted by molar-refractivity contribution is 5.69. The molecule has 20 heavy (non-hydrogen) atoms. The van der Waals surface area contributed by atoms with E-state index < -0.39 is 6.10 Å². The number of amides is 1. The van der Waals surface area contributed by atoms with Crippen LogP contribution in [0.3, 0.4) is 0 Å². The van der Waals surface area contributed by atoms with Gasteiger partial charge in [-0.05, 0) is 51.4 Å². The Hall–Kier alpha value is -0.160. The Morgan fingerprint density at radius 3 is 2.30 bits per heavy atom. The predicted molar refractivity (Wildman–Crippen MR) is 72.3 cm³/mol. The minimum atomic E-state index is -0.427. The van der Waals surface area contributed by atoms with Gasteiger partial charge >= 0.3 is 5.91 Å². The molecule has 0 bridgehead atoms. The first-order valence-corrected chi connectivity index (χ1v) is 7.70. The molecule has 0 aromatic heterocycles. The highest BCUT2D eigenvalue weighted by Crippen LogP contribution is 2.34. The highest BCUT2D eigenvalue weighted by Gasteiger charge is 2.34. The van der Waals surface area contributed by atoms with Crippen LogP contribution in [0.4, 0.5) is 0 Å². The highest BCUT2D eigenvalue weighted by atomic mass is 35.5. The summed E-state index contributed by atoms with van der Waals surface area (Å²) in [6.07, 6.45) is 7.36. The molecule has 3 N–H and O–H groups in total. The maximum absolute atomic E-state index is 11.2. The third kappa shape index (κ3) is 5.32. The summed E-state index contributed by atoms with van der Waals surface area (Å²) in [6.45, 7) is 4.68. The molecule has 0 aromatic carbocycles. The van der Waals surface area contributed by atoms with E-state index in [-0.39, 0.29) is 30.5 Å². The van der Waals surface area contributed by atoms with Gasteiger partial charge in [-0.3, -0.25) is 5.73 Å². The van der Waals surface area contributed by atoms with Gasteiger partial charge in [-0.2, -0.15) is 0 Å². The lowest BCUT2D eigenvalue weighted by molar-refractivity contribution is -0.318. The normalized spacial score (nSPS) is 23.9. The van der Waals surface area contributed by atoms with Crippen molar-refractivity contribution < 1.29 is 32.4 Å². The monoisotopic (exact) mass is 305 g/mol. The molecule has 0 unspecified atom stereocenters. The van der Waals surface area contributed by atoms with E-state index in [1.165, 1.54) is 38.5 Å². The molecule has 118 valence electrons. The van der Waals surface area contributed by atoms with Crippen molar-refractivity contribution in [2.45, 2.75) is 70.7 Å². The van der Waals surface area contributed by atoms with Crippen LogP contribution in [0.1, 0.15) is 52.4 Å². The molecule has 0 aromatic rings. The number of quaternary nitrogens is 1. The van der Waals surface area contributed by atoms with Crippen molar-refractivity contribution in [1.29, 1.82) is 0 Å². The topological polar surface area (TPSA) is 63.2 Å². The Kier molecular flexibility index (Phi) is 7.45. The molecular formula is C15H28ClNO3. The molecule has 0 saturated heterocycles. The fourth-order valence-electron chi connectivity index (χ4n) is 2.95. The number of carbonyl (C=O) groups excluding carboxylic acids is 1. The first-order valence-electron chi connectivity index (χ1n) is 7.70. The quantitative estimate of drug-likeness (QED) is 0.596. The van der Waals surface area contributed by atoms with Crippen LogP contribution >= 0.6 is 0 Å². The fraction of sp³-hybridized carbons (Fsp3) is 0.933. The predicted octanol–water partition coefficient (Wildman–Crippen LogP) is -1.46. The van der Waals surface area contributed by atoms with Crippen LogP contribution in [0.15, 0.2) is 0 Å². The SMILES string of the molecule is C[C@H](O[C@@H](C)[C@H](OCC1CC1)C1CCCC1)C([NH3+])=O.[Cl-]. The third-order valence-corrected chi connectivity index (χ3v) is 4.42. The van der Waals surface area contributed by atoms with Crippen molar-refractivity contribution in [1.82, 2.24) is 0 Å². The smallest absolute Gasteiger partial charge is 0.337 e. The molecular weight excluding hydrogens is 278 g/mol. The zero-order chi connectivity index (χ0) is 13.8. The molecule has 0 radical (unpaired) electrons. The first kappa shape index (κ1) is 17.9. The summed E-state index contributed by atoms with van der Waals surface area (Å²) in [5.41, 5.74) is 3.43. The van der Waals surface area contributed by atoms with Crippen molar-refractivity contribution in [2.75, 3.05) is 6.61 Å². The number of ether oxygens (including phenoxy) is 2. The van der Waals surface area contributed by atoms with Gasteiger partial charge in [0.2, 0.25) is 0 Å². The lowest BCUT2D eigenvalue weighted by Crippen LogP contribution is -3.00. The van der Waals surface area contributed by atoms with Gasteiger partial charge in [-0.15, -0.1) is 0 Å². The van der Waals surface area contributed by atoms with E-state index in [4.69, 9.17) is 9.47 Å². The van der Waals surface area contributed by atoms with E-state index in [0.29, 0.717) is 5.92 Å². The molecule has 2 rings (SSSR count). The molecule has 2 saturated carbocycles. The average Bonchev–Trinajstić information content (AvgIpc) is 3.03. The minimum absolute atomic E-state index is 0. The van der Waals surface area contributed by atoms with Crippen molar-refractivity contribution in [3.8, 4) is 0 Å². The summed E-state index contributed by atoms with van der Waals surface area (Å²) in [7, 11) is 0. The standard InChI is InChI=1S/C15H27NO3.ClH/c1-10(19-11(2)15(16)17)14(13-5-3-4-6-13)18-9-12-7-8-12;/h10-14H,3-9H2,1-2H3,(H2,16,17);1H/t10-,11-,14-;/m0./s1. The van der Waals surface area contributed by atoms with Crippen LogP contribution in [-0.2, 0) is 14.3 Å². The summed E-state index contributed by atoms with van der Waals surface area (Å²) in [5.74, 6) is 1.21. The number of rotatable bonds is 8. The maximum Gasteiger partial charge on any atom is 0.337 e. The van der Waals surface area contributed by atoms with Gasteiger partial charge < -0.3 is 21.9 Å². The molecule has 2 fully saturated rings. The summed E-state index contributed by atoms with van der Waals surface area (Å²) in [6, 6.07) is 0. The van der Waals surface area contributed by atoms with E-state index in [2.05, 4.69) is 5.73 Å². The van der Waals surface area contributed by atoms with Gasteiger partial charge in [0.1, 0.15) is 0 Å². The molecule has 0 aliphatic heterocycles. The first-order chi connectivity index (χ1) is 9.08. The zero-order valence-electron chi connectivity index (χ0n) is 12.6. The number of hydrogen-bond donors (Lipinski definition) is 1. The van der Waals surface area contributed by atoms with Crippen molar-refractivity contribution in [2.24, 2.45) is 11.8 Å². The lowest BCUT2D eigenvalue weighted by atomic mass is 9.96. The van der Waals surface area contributed by atoms with E-state index in [9.17, 15) is 4.79 Å². The summed E-state index contributed by atoms with van der Waals surface area (Å²) < 4.78 is 11.9. The lowest BCUT2D eigenvalue weighted by Gasteiger charge is -2.30. The summed E-state index contributed by atoms with van der Waals surface area (Å²) in [4.78, 5) is 11.2. The number of hydrogen-bond acceptors (Lipinski definition) is 3. The molecule has 2 aliphatic carbocycles. The van der Waals surface area contributed by atoms with Crippen LogP contribution in [0.2, 0.25) is 0 Å². The summed E-state index contributed by atoms with van der Waals surface area (Å²) >= 11 is 0. The second-order valence-corrected chi connectivity index (χ2v) is 6.24. The van der Waals surface area contributed by atoms with Crippen molar-refractivity contribution in [3.05, 3.63) is 0 Å². The van der Waals surface area contributed by atoms with Gasteiger partial charge in [0.25, 0.3) is 0 Å². The number of carbonyl (C=O) groups is 1.